The predicted molar refractivity (Wildman–Crippen MR) is 49.3 cm³/mol. The molecule has 0 bridgehead atoms. The summed E-state index contributed by atoms with van der Waals surface area (Å²) in [5, 5.41) is 0. The fraction of sp³-hybridized carbons (Fsp3) is 0.600. The van der Waals surface area contributed by atoms with Crippen LogP contribution >= 0.6 is 0 Å². The van der Waals surface area contributed by atoms with Gasteiger partial charge in [0.05, 0.1) is 6.54 Å². The lowest BCUT2D eigenvalue weighted by Crippen LogP contribution is -2.25. The van der Waals surface area contributed by atoms with Crippen molar-refractivity contribution in [1.29, 1.82) is 0 Å². The number of Topliss-reactive ketones (excluding diaryl/α,β-unsaturated/α-hetero) is 1. The maximum absolute atomic E-state index is 11.6. The highest BCUT2D eigenvalue weighted by Gasteiger charge is 2.25. The van der Waals surface area contributed by atoms with Crippen LogP contribution in [-0.2, 0) is 11.3 Å². The number of rotatable bonds is 3. The maximum atomic E-state index is 11.6. The standard InChI is InChI=1S/C10H14N2O/c1-8-11-5-6-12(8)7-10(13)9-3-2-4-9/h5-6,9H,2-4,7H2,1H3. The van der Waals surface area contributed by atoms with E-state index in [-0.39, 0.29) is 0 Å². The fourth-order valence-corrected chi connectivity index (χ4v) is 1.60. The average Bonchev–Trinajstić information content (AvgIpc) is 2.32. The van der Waals surface area contributed by atoms with E-state index in [0.29, 0.717) is 18.2 Å². The van der Waals surface area contributed by atoms with E-state index in [1.165, 1.54) is 6.42 Å². The lowest BCUT2D eigenvalue weighted by Gasteiger charge is -2.23. The summed E-state index contributed by atoms with van der Waals surface area (Å²) in [5.74, 6) is 1.63. The van der Waals surface area contributed by atoms with Crippen LogP contribution in [0.4, 0.5) is 0 Å². The molecule has 1 aliphatic rings. The highest BCUT2D eigenvalue weighted by atomic mass is 16.1. The number of aryl methyl sites for hydroxylation is 1. The topological polar surface area (TPSA) is 34.9 Å². The molecule has 0 unspecified atom stereocenters. The molecule has 1 aromatic heterocycles. The third-order valence-electron chi connectivity index (χ3n) is 2.81. The van der Waals surface area contributed by atoms with Gasteiger partial charge in [-0.15, -0.1) is 0 Å². The van der Waals surface area contributed by atoms with Crippen LogP contribution in [0.1, 0.15) is 25.1 Å². The first-order valence-electron chi connectivity index (χ1n) is 4.78. The van der Waals surface area contributed by atoms with Crippen molar-refractivity contribution in [2.75, 3.05) is 0 Å². The molecule has 0 spiro atoms. The zero-order chi connectivity index (χ0) is 9.26. The Labute approximate surface area is 77.8 Å². The molecule has 70 valence electrons. The number of imidazole rings is 1. The molecule has 13 heavy (non-hydrogen) atoms. The number of ketones is 1. The first kappa shape index (κ1) is 8.48. The summed E-state index contributed by atoms with van der Waals surface area (Å²) in [7, 11) is 0. The normalized spacial score (nSPS) is 17.0. The lowest BCUT2D eigenvalue weighted by atomic mass is 9.82. The summed E-state index contributed by atoms with van der Waals surface area (Å²) in [5.41, 5.74) is 0. The number of hydrogen-bond acceptors (Lipinski definition) is 2. The van der Waals surface area contributed by atoms with E-state index >= 15 is 0 Å². The third-order valence-corrected chi connectivity index (χ3v) is 2.81. The summed E-state index contributed by atoms with van der Waals surface area (Å²) in [6, 6.07) is 0. The Kier molecular flexibility index (Phi) is 2.17. The molecule has 2 rings (SSSR count). The molecule has 3 nitrogen and oxygen atoms in total. The highest BCUT2D eigenvalue weighted by molar-refractivity contribution is 5.81. The molecule has 1 aromatic rings. The second-order valence-electron chi connectivity index (χ2n) is 3.70. The van der Waals surface area contributed by atoms with Crippen molar-refractivity contribution < 1.29 is 4.79 Å². The zero-order valence-electron chi connectivity index (χ0n) is 7.86. The van der Waals surface area contributed by atoms with Crippen LogP contribution in [-0.4, -0.2) is 15.3 Å². The van der Waals surface area contributed by atoms with Gasteiger partial charge in [0, 0.05) is 18.3 Å². The van der Waals surface area contributed by atoms with Crippen LogP contribution in [0.25, 0.3) is 0 Å². The monoisotopic (exact) mass is 178 g/mol. The van der Waals surface area contributed by atoms with Crippen molar-refractivity contribution in [2.45, 2.75) is 32.7 Å². The Morgan fingerprint density at radius 3 is 2.92 bits per heavy atom. The van der Waals surface area contributed by atoms with Crippen LogP contribution in [0.5, 0.6) is 0 Å². The predicted octanol–water partition coefficient (Wildman–Crippen LogP) is 1.56. The average molecular weight is 178 g/mol. The Bertz CT molecular complexity index is 312. The number of nitrogens with zero attached hydrogens (tertiary/aromatic N) is 2. The van der Waals surface area contributed by atoms with Crippen molar-refractivity contribution >= 4 is 5.78 Å². The van der Waals surface area contributed by atoms with Gasteiger partial charge >= 0.3 is 0 Å². The maximum Gasteiger partial charge on any atom is 0.155 e. The van der Waals surface area contributed by atoms with Crippen LogP contribution in [0.2, 0.25) is 0 Å². The summed E-state index contributed by atoms with van der Waals surface area (Å²) in [6.45, 7) is 2.44. The van der Waals surface area contributed by atoms with Gasteiger partial charge in [0.25, 0.3) is 0 Å². The molecule has 3 heteroatoms. The fourth-order valence-electron chi connectivity index (χ4n) is 1.60. The van der Waals surface area contributed by atoms with Crippen molar-refractivity contribution in [2.24, 2.45) is 5.92 Å². The van der Waals surface area contributed by atoms with Crippen LogP contribution < -0.4 is 0 Å². The molecule has 0 N–H and O–H groups in total. The Balaban J connectivity index is 1.97. The molecule has 0 atom stereocenters. The van der Waals surface area contributed by atoms with E-state index in [1.807, 2.05) is 17.7 Å². The van der Waals surface area contributed by atoms with Gasteiger partial charge in [-0.1, -0.05) is 6.42 Å². The largest absolute Gasteiger partial charge is 0.328 e. The van der Waals surface area contributed by atoms with E-state index in [1.54, 1.807) is 6.20 Å². The second kappa shape index (κ2) is 3.32. The number of hydrogen-bond donors (Lipinski definition) is 0. The van der Waals surface area contributed by atoms with Crippen molar-refractivity contribution in [3.05, 3.63) is 18.2 Å². The van der Waals surface area contributed by atoms with Crippen LogP contribution in [0.3, 0.4) is 0 Å². The minimum atomic E-state index is 0.335. The van der Waals surface area contributed by atoms with E-state index in [9.17, 15) is 4.79 Å². The minimum Gasteiger partial charge on any atom is -0.328 e. The van der Waals surface area contributed by atoms with Crippen LogP contribution in [0, 0.1) is 12.8 Å². The molecule has 0 saturated heterocycles. The summed E-state index contributed by atoms with van der Waals surface area (Å²) in [6.07, 6.45) is 7.01. The second-order valence-corrected chi connectivity index (χ2v) is 3.70. The van der Waals surface area contributed by atoms with Gasteiger partial charge in [-0.3, -0.25) is 4.79 Å². The van der Waals surface area contributed by atoms with E-state index in [4.69, 9.17) is 0 Å². The van der Waals surface area contributed by atoms with Gasteiger partial charge in [0.15, 0.2) is 5.78 Å². The summed E-state index contributed by atoms with van der Waals surface area (Å²) in [4.78, 5) is 15.7. The number of aromatic nitrogens is 2. The SMILES string of the molecule is Cc1nccn1CC(=O)C1CCC1. The van der Waals surface area contributed by atoms with E-state index < -0.39 is 0 Å². The minimum absolute atomic E-state index is 0.335. The molecule has 1 heterocycles. The molecule has 1 aliphatic carbocycles. The van der Waals surface area contributed by atoms with Crippen molar-refractivity contribution in [3.8, 4) is 0 Å². The van der Waals surface area contributed by atoms with Gasteiger partial charge in [-0.2, -0.15) is 0 Å². The van der Waals surface area contributed by atoms with Gasteiger partial charge < -0.3 is 4.57 Å². The van der Waals surface area contributed by atoms with Gasteiger partial charge in [0.2, 0.25) is 0 Å². The van der Waals surface area contributed by atoms with Crippen molar-refractivity contribution in [3.63, 3.8) is 0 Å². The summed E-state index contributed by atoms with van der Waals surface area (Å²) < 4.78 is 1.92. The molecule has 1 fully saturated rings. The lowest BCUT2D eigenvalue weighted by molar-refractivity contribution is -0.125. The Hall–Kier alpha value is -1.12. The zero-order valence-corrected chi connectivity index (χ0v) is 7.86. The highest BCUT2D eigenvalue weighted by Crippen LogP contribution is 2.27. The Morgan fingerprint density at radius 1 is 1.69 bits per heavy atom. The molecule has 1 saturated carbocycles. The first-order chi connectivity index (χ1) is 6.27. The quantitative estimate of drug-likeness (QED) is 0.704. The molecular weight excluding hydrogens is 164 g/mol. The van der Waals surface area contributed by atoms with E-state index in [2.05, 4.69) is 4.98 Å². The molecule has 0 aliphatic heterocycles. The Morgan fingerprint density at radius 2 is 2.46 bits per heavy atom. The number of carbonyl (C=O) groups is 1. The molecule has 0 radical (unpaired) electrons. The van der Waals surface area contributed by atoms with Gasteiger partial charge in [-0.25, -0.2) is 4.98 Å². The molecule has 0 amide bonds. The smallest absolute Gasteiger partial charge is 0.155 e. The van der Waals surface area contributed by atoms with Crippen molar-refractivity contribution in [1.82, 2.24) is 9.55 Å². The first-order valence-corrected chi connectivity index (χ1v) is 4.78. The van der Waals surface area contributed by atoms with Gasteiger partial charge in [-0.05, 0) is 19.8 Å². The third kappa shape index (κ3) is 1.64. The molecule has 0 aromatic carbocycles. The summed E-state index contributed by atoms with van der Waals surface area (Å²) >= 11 is 0. The van der Waals surface area contributed by atoms with E-state index in [0.717, 1.165) is 18.7 Å². The van der Waals surface area contributed by atoms with Crippen LogP contribution in [0.15, 0.2) is 12.4 Å². The van der Waals surface area contributed by atoms with Gasteiger partial charge in [0.1, 0.15) is 5.82 Å². The number of carbonyl (C=O) groups excluding carboxylic acids is 1. The molecular formula is C10H14N2O.